The van der Waals surface area contributed by atoms with Crippen molar-refractivity contribution in [3.63, 3.8) is 0 Å². The number of nitrogens with one attached hydrogen (secondary N) is 2. The molecule has 0 radical (unpaired) electrons. The van der Waals surface area contributed by atoms with Crippen LogP contribution < -0.4 is 10.6 Å². The first-order valence-corrected chi connectivity index (χ1v) is 17.4. The molecule has 2 amide bonds. The molecule has 2 saturated carbocycles. The average Bonchev–Trinajstić information content (AvgIpc) is 3.13. The summed E-state index contributed by atoms with van der Waals surface area (Å²) in [5, 5.41) is 26.1. The lowest BCUT2D eigenvalue weighted by atomic mass is 9.68. The summed E-state index contributed by atoms with van der Waals surface area (Å²) in [6.07, 6.45) is 6.30. The zero-order valence-electron chi connectivity index (χ0n) is 28.3. The van der Waals surface area contributed by atoms with Gasteiger partial charge in [0.1, 0.15) is 0 Å². The highest BCUT2D eigenvalue weighted by atomic mass is 16.3. The number of aliphatic hydroxyl groups excluding tert-OH is 2. The van der Waals surface area contributed by atoms with Gasteiger partial charge in [0.15, 0.2) is 0 Å². The second kappa shape index (κ2) is 16.2. The largest absolute Gasteiger partial charge is 0.393 e. The van der Waals surface area contributed by atoms with Crippen molar-refractivity contribution < 1.29 is 19.8 Å². The molecule has 2 aliphatic rings. The van der Waals surface area contributed by atoms with Crippen molar-refractivity contribution in [2.24, 2.45) is 0 Å². The molecule has 6 heteroatoms. The van der Waals surface area contributed by atoms with Crippen LogP contribution in [0.15, 0.2) is 109 Å². The maximum atomic E-state index is 12.6. The summed E-state index contributed by atoms with van der Waals surface area (Å²) in [5.41, 5.74) is 5.78. The summed E-state index contributed by atoms with van der Waals surface area (Å²) in [6, 6.07) is 36.1. The van der Waals surface area contributed by atoms with E-state index in [9.17, 15) is 19.8 Å². The fraction of sp³-hybridized carbons (Fsp3) is 0.381. The normalized spacial score (nSPS) is 23.7. The Hall–Kier alpha value is -4.26. The van der Waals surface area contributed by atoms with Gasteiger partial charge in [0.2, 0.25) is 0 Å². The third-order valence-electron chi connectivity index (χ3n) is 10.6. The van der Waals surface area contributed by atoms with Gasteiger partial charge in [-0.1, -0.05) is 97.1 Å². The van der Waals surface area contributed by atoms with E-state index in [1.54, 1.807) is 0 Å². The molecule has 0 saturated heterocycles. The molecule has 0 atom stereocenters. The maximum Gasteiger partial charge on any atom is 0.251 e. The van der Waals surface area contributed by atoms with E-state index in [2.05, 4.69) is 34.9 Å². The first-order valence-electron chi connectivity index (χ1n) is 17.4. The Morgan fingerprint density at radius 3 is 1.19 bits per heavy atom. The van der Waals surface area contributed by atoms with E-state index in [-0.39, 0.29) is 34.9 Å². The highest BCUT2D eigenvalue weighted by Crippen LogP contribution is 2.40. The van der Waals surface area contributed by atoms with Crippen LogP contribution in [0.4, 0.5) is 0 Å². The summed E-state index contributed by atoms with van der Waals surface area (Å²) in [6.45, 7) is 5.13. The number of rotatable bonds is 8. The van der Waals surface area contributed by atoms with Crippen molar-refractivity contribution in [3.8, 4) is 0 Å². The standard InChI is InChI=1S/2C21H25NO2/c2*1-16-7-5-6-10-19(16)20(24)22-15-21(13-11-18(23)12-14-21)17-8-3-2-4-9-17/h2*2-10,18,23H,11-15H2,1H3,(H,22,24). The predicted molar refractivity (Wildman–Crippen MR) is 192 cm³/mol. The molecule has 6 nitrogen and oxygen atoms in total. The Kier molecular flexibility index (Phi) is 11.9. The minimum Gasteiger partial charge on any atom is -0.393 e. The van der Waals surface area contributed by atoms with Crippen molar-refractivity contribution in [2.75, 3.05) is 13.1 Å². The number of carbonyl (C=O) groups is 2. The van der Waals surface area contributed by atoms with Crippen LogP contribution in [-0.2, 0) is 10.8 Å². The molecule has 4 aromatic carbocycles. The highest BCUT2D eigenvalue weighted by molar-refractivity contribution is 5.96. The molecule has 0 spiro atoms. The lowest BCUT2D eigenvalue weighted by molar-refractivity contribution is 0.0843. The first-order chi connectivity index (χ1) is 23.2. The van der Waals surface area contributed by atoms with Gasteiger partial charge in [-0.25, -0.2) is 0 Å². The van der Waals surface area contributed by atoms with Crippen LogP contribution in [0.1, 0.15) is 94.3 Å². The Morgan fingerprint density at radius 2 is 0.854 bits per heavy atom. The van der Waals surface area contributed by atoms with Crippen LogP contribution >= 0.6 is 0 Å². The molecule has 0 aliphatic heterocycles. The quantitative estimate of drug-likeness (QED) is 0.163. The molecule has 252 valence electrons. The number of hydrogen-bond donors (Lipinski definition) is 4. The minimum atomic E-state index is -0.214. The van der Waals surface area contributed by atoms with Gasteiger partial charge in [-0.15, -0.1) is 0 Å². The summed E-state index contributed by atoms with van der Waals surface area (Å²) in [7, 11) is 0. The van der Waals surface area contributed by atoms with E-state index in [1.165, 1.54) is 11.1 Å². The molecular formula is C42H50N2O4. The number of carbonyl (C=O) groups excluding carboxylic acids is 2. The third-order valence-corrected chi connectivity index (χ3v) is 10.6. The molecular weight excluding hydrogens is 596 g/mol. The van der Waals surface area contributed by atoms with Gasteiger partial charge in [0.05, 0.1) is 12.2 Å². The summed E-state index contributed by atoms with van der Waals surface area (Å²) in [5.74, 6) is -0.0379. The van der Waals surface area contributed by atoms with Crippen molar-refractivity contribution in [1.29, 1.82) is 0 Å². The molecule has 0 bridgehead atoms. The van der Waals surface area contributed by atoms with E-state index < -0.39 is 0 Å². The zero-order valence-corrected chi connectivity index (χ0v) is 28.3. The molecule has 4 N–H and O–H groups in total. The summed E-state index contributed by atoms with van der Waals surface area (Å²) >= 11 is 0. The van der Waals surface area contributed by atoms with E-state index in [1.807, 2.05) is 98.8 Å². The summed E-state index contributed by atoms with van der Waals surface area (Å²) < 4.78 is 0. The van der Waals surface area contributed by atoms with Gasteiger partial charge in [-0.2, -0.15) is 0 Å². The zero-order chi connectivity index (χ0) is 34.0. The Balaban J connectivity index is 0.000000188. The highest BCUT2D eigenvalue weighted by Gasteiger charge is 2.38. The summed E-state index contributed by atoms with van der Waals surface area (Å²) in [4.78, 5) is 25.2. The van der Waals surface area contributed by atoms with Gasteiger partial charge in [-0.3, -0.25) is 9.59 Å². The average molecular weight is 647 g/mol. The Labute approximate surface area is 285 Å². The van der Waals surface area contributed by atoms with Gasteiger partial charge in [0, 0.05) is 35.0 Å². The van der Waals surface area contributed by atoms with E-state index in [0.717, 1.165) is 73.6 Å². The van der Waals surface area contributed by atoms with Gasteiger partial charge in [0.25, 0.3) is 11.8 Å². The van der Waals surface area contributed by atoms with Crippen LogP contribution in [0.5, 0.6) is 0 Å². The third kappa shape index (κ3) is 8.60. The smallest absolute Gasteiger partial charge is 0.251 e. The lowest BCUT2D eigenvalue weighted by Gasteiger charge is -2.39. The first kappa shape index (κ1) is 35.1. The van der Waals surface area contributed by atoms with Crippen LogP contribution in [0.2, 0.25) is 0 Å². The molecule has 2 fully saturated rings. The molecule has 0 heterocycles. The SMILES string of the molecule is Cc1ccccc1C(=O)NCC1(c2ccccc2)CCC(O)CC1.Cc1ccccc1C(=O)NCC1(c2ccccc2)CCC(O)CC1. The second-order valence-electron chi connectivity index (χ2n) is 13.8. The molecule has 0 aromatic heterocycles. The van der Waals surface area contributed by atoms with Gasteiger partial charge in [-0.05, 0) is 99.6 Å². The number of benzene rings is 4. The van der Waals surface area contributed by atoms with Crippen LogP contribution in [-0.4, -0.2) is 47.3 Å². The number of aliphatic hydroxyl groups is 2. The fourth-order valence-electron chi connectivity index (χ4n) is 7.37. The fourth-order valence-corrected chi connectivity index (χ4v) is 7.37. The van der Waals surface area contributed by atoms with Gasteiger partial charge < -0.3 is 20.8 Å². The van der Waals surface area contributed by atoms with Crippen LogP contribution in [0, 0.1) is 13.8 Å². The lowest BCUT2D eigenvalue weighted by Crippen LogP contribution is -2.44. The number of aryl methyl sites for hydroxylation is 2. The monoisotopic (exact) mass is 646 g/mol. The number of amides is 2. The number of hydrogen-bond acceptors (Lipinski definition) is 4. The van der Waals surface area contributed by atoms with Crippen molar-refractivity contribution in [2.45, 2.75) is 88.3 Å². The Bertz CT molecular complexity index is 1500. The topological polar surface area (TPSA) is 98.7 Å². The van der Waals surface area contributed by atoms with E-state index in [0.29, 0.717) is 13.1 Å². The van der Waals surface area contributed by atoms with Crippen LogP contribution in [0.25, 0.3) is 0 Å². The van der Waals surface area contributed by atoms with Crippen molar-refractivity contribution >= 4 is 11.8 Å². The predicted octanol–water partition coefficient (Wildman–Crippen LogP) is 7.20. The second-order valence-corrected chi connectivity index (χ2v) is 13.8. The molecule has 0 unspecified atom stereocenters. The minimum absolute atomic E-state index is 0.0190. The molecule has 4 aromatic rings. The van der Waals surface area contributed by atoms with Crippen molar-refractivity contribution in [1.82, 2.24) is 10.6 Å². The molecule has 6 rings (SSSR count). The van der Waals surface area contributed by atoms with Crippen LogP contribution in [0.3, 0.4) is 0 Å². The van der Waals surface area contributed by atoms with E-state index in [4.69, 9.17) is 0 Å². The van der Waals surface area contributed by atoms with E-state index >= 15 is 0 Å². The maximum absolute atomic E-state index is 12.6. The van der Waals surface area contributed by atoms with Gasteiger partial charge >= 0.3 is 0 Å². The Morgan fingerprint density at radius 1 is 0.542 bits per heavy atom. The van der Waals surface area contributed by atoms with Crippen molar-refractivity contribution in [3.05, 3.63) is 143 Å². The molecule has 2 aliphatic carbocycles. The molecule has 48 heavy (non-hydrogen) atoms.